The standard InChI is InChI=1S/C16H22ClN3O3/c1-3-6-18-14(21)11-4-5-12(17)13(7-11)20-15(22)19-8-16(2)9-23-10-16/h4-5,7H,3,6,8-10H2,1-2H3,(H,18,21)(H2,19,20,22). The van der Waals surface area contributed by atoms with Crippen LogP contribution in [0.4, 0.5) is 10.5 Å². The molecule has 3 amide bonds. The van der Waals surface area contributed by atoms with E-state index in [1.807, 2.05) is 13.8 Å². The van der Waals surface area contributed by atoms with E-state index in [0.29, 0.717) is 42.6 Å². The van der Waals surface area contributed by atoms with Crippen LogP contribution in [-0.2, 0) is 4.74 Å². The van der Waals surface area contributed by atoms with Crippen molar-refractivity contribution >= 4 is 29.2 Å². The number of nitrogens with one attached hydrogen (secondary N) is 3. The van der Waals surface area contributed by atoms with Crippen molar-refractivity contribution in [3.05, 3.63) is 28.8 Å². The molecule has 1 heterocycles. The number of amides is 3. The molecule has 1 aliphatic heterocycles. The molecule has 126 valence electrons. The van der Waals surface area contributed by atoms with Gasteiger partial charge in [-0.1, -0.05) is 25.4 Å². The first kappa shape index (κ1) is 17.6. The van der Waals surface area contributed by atoms with Gasteiger partial charge in [-0.3, -0.25) is 4.79 Å². The molecule has 1 aromatic carbocycles. The lowest BCUT2D eigenvalue weighted by Gasteiger charge is -2.37. The summed E-state index contributed by atoms with van der Waals surface area (Å²) in [7, 11) is 0. The Hall–Kier alpha value is -1.79. The Morgan fingerprint density at radius 2 is 2.04 bits per heavy atom. The van der Waals surface area contributed by atoms with Crippen LogP contribution in [0.25, 0.3) is 0 Å². The Bertz CT molecular complexity index is 588. The van der Waals surface area contributed by atoms with E-state index in [1.165, 1.54) is 0 Å². The lowest BCUT2D eigenvalue weighted by molar-refractivity contribution is -0.0974. The fourth-order valence-corrected chi connectivity index (χ4v) is 2.28. The quantitative estimate of drug-likeness (QED) is 0.745. The first-order chi connectivity index (χ1) is 10.9. The number of ether oxygens (including phenoxy) is 1. The first-order valence-corrected chi connectivity index (χ1v) is 8.02. The van der Waals surface area contributed by atoms with Crippen molar-refractivity contribution in [1.82, 2.24) is 10.6 Å². The van der Waals surface area contributed by atoms with Crippen molar-refractivity contribution in [2.24, 2.45) is 5.41 Å². The molecule has 0 saturated carbocycles. The number of hydrogen-bond donors (Lipinski definition) is 3. The molecule has 0 radical (unpaired) electrons. The van der Waals surface area contributed by atoms with Crippen molar-refractivity contribution < 1.29 is 14.3 Å². The zero-order chi connectivity index (χ0) is 16.9. The molecule has 1 aliphatic rings. The van der Waals surface area contributed by atoms with Crippen LogP contribution in [0.2, 0.25) is 5.02 Å². The summed E-state index contributed by atoms with van der Waals surface area (Å²) in [5.74, 6) is -0.189. The van der Waals surface area contributed by atoms with Gasteiger partial charge in [-0.2, -0.15) is 0 Å². The number of halogens is 1. The number of rotatable bonds is 6. The maximum Gasteiger partial charge on any atom is 0.319 e. The molecule has 0 bridgehead atoms. The number of hydrogen-bond acceptors (Lipinski definition) is 3. The Kier molecular flexibility index (Phi) is 5.85. The summed E-state index contributed by atoms with van der Waals surface area (Å²) >= 11 is 6.08. The van der Waals surface area contributed by atoms with E-state index in [1.54, 1.807) is 18.2 Å². The van der Waals surface area contributed by atoms with E-state index in [4.69, 9.17) is 16.3 Å². The lowest BCUT2D eigenvalue weighted by Crippen LogP contribution is -2.49. The second-order valence-electron chi connectivity index (χ2n) is 6.06. The second kappa shape index (κ2) is 7.66. The van der Waals surface area contributed by atoms with Gasteiger partial charge in [-0.05, 0) is 24.6 Å². The van der Waals surface area contributed by atoms with E-state index in [-0.39, 0.29) is 17.4 Å². The van der Waals surface area contributed by atoms with Crippen molar-refractivity contribution in [2.45, 2.75) is 20.3 Å². The number of carbonyl (C=O) groups excluding carboxylic acids is 2. The summed E-state index contributed by atoms with van der Waals surface area (Å²) in [4.78, 5) is 23.9. The molecular weight excluding hydrogens is 318 g/mol. The molecule has 0 unspecified atom stereocenters. The predicted octanol–water partition coefficient (Wildman–Crippen LogP) is 2.64. The van der Waals surface area contributed by atoms with E-state index >= 15 is 0 Å². The van der Waals surface area contributed by atoms with E-state index in [9.17, 15) is 9.59 Å². The zero-order valence-electron chi connectivity index (χ0n) is 13.4. The molecule has 23 heavy (non-hydrogen) atoms. The van der Waals surface area contributed by atoms with Crippen LogP contribution in [0.15, 0.2) is 18.2 Å². The van der Waals surface area contributed by atoms with Gasteiger partial charge in [0.15, 0.2) is 0 Å². The van der Waals surface area contributed by atoms with Gasteiger partial charge < -0.3 is 20.7 Å². The highest BCUT2D eigenvalue weighted by molar-refractivity contribution is 6.33. The van der Waals surface area contributed by atoms with Crippen LogP contribution in [0, 0.1) is 5.41 Å². The molecule has 3 N–H and O–H groups in total. The topological polar surface area (TPSA) is 79.5 Å². The molecule has 7 heteroatoms. The molecule has 0 atom stereocenters. The van der Waals surface area contributed by atoms with Gasteiger partial charge >= 0.3 is 6.03 Å². The SMILES string of the molecule is CCCNC(=O)c1ccc(Cl)c(NC(=O)NCC2(C)COC2)c1. The highest BCUT2D eigenvalue weighted by atomic mass is 35.5. The average molecular weight is 340 g/mol. The molecule has 0 aliphatic carbocycles. The molecule has 0 aromatic heterocycles. The normalized spacial score (nSPS) is 15.4. The van der Waals surface area contributed by atoms with Crippen LogP contribution in [0.5, 0.6) is 0 Å². The van der Waals surface area contributed by atoms with Gasteiger partial charge in [-0.25, -0.2) is 4.79 Å². The number of urea groups is 1. The predicted molar refractivity (Wildman–Crippen MR) is 90.0 cm³/mol. The van der Waals surface area contributed by atoms with Crippen LogP contribution >= 0.6 is 11.6 Å². The van der Waals surface area contributed by atoms with Crippen molar-refractivity contribution in [3.63, 3.8) is 0 Å². The van der Waals surface area contributed by atoms with Crippen molar-refractivity contribution in [2.75, 3.05) is 31.6 Å². The lowest BCUT2D eigenvalue weighted by atomic mass is 9.89. The van der Waals surface area contributed by atoms with Gasteiger partial charge in [-0.15, -0.1) is 0 Å². The second-order valence-corrected chi connectivity index (χ2v) is 6.47. The number of carbonyl (C=O) groups is 2. The Morgan fingerprint density at radius 1 is 1.30 bits per heavy atom. The third kappa shape index (κ3) is 4.84. The largest absolute Gasteiger partial charge is 0.380 e. The monoisotopic (exact) mass is 339 g/mol. The van der Waals surface area contributed by atoms with E-state index in [0.717, 1.165) is 6.42 Å². The Labute approximate surface area is 140 Å². The molecule has 0 spiro atoms. The van der Waals surface area contributed by atoms with E-state index in [2.05, 4.69) is 16.0 Å². The fourth-order valence-electron chi connectivity index (χ4n) is 2.12. The highest BCUT2D eigenvalue weighted by Gasteiger charge is 2.33. The summed E-state index contributed by atoms with van der Waals surface area (Å²) in [6.45, 7) is 6.43. The number of benzene rings is 1. The highest BCUT2D eigenvalue weighted by Crippen LogP contribution is 2.26. The number of anilines is 1. The summed E-state index contributed by atoms with van der Waals surface area (Å²) in [6.07, 6.45) is 0.856. The summed E-state index contributed by atoms with van der Waals surface area (Å²) in [5, 5.41) is 8.64. The minimum Gasteiger partial charge on any atom is -0.380 e. The van der Waals surface area contributed by atoms with Gasteiger partial charge in [0.1, 0.15) is 0 Å². The van der Waals surface area contributed by atoms with Crippen LogP contribution in [-0.4, -0.2) is 38.2 Å². The Morgan fingerprint density at radius 3 is 2.65 bits per heavy atom. The summed E-state index contributed by atoms with van der Waals surface area (Å²) in [6, 6.07) is 4.44. The maximum atomic E-state index is 12.0. The maximum absolute atomic E-state index is 12.0. The molecule has 1 fully saturated rings. The average Bonchev–Trinajstić information content (AvgIpc) is 2.50. The van der Waals surface area contributed by atoms with Gasteiger partial charge in [0.05, 0.1) is 23.9 Å². The molecule has 1 aromatic rings. The van der Waals surface area contributed by atoms with E-state index < -0.39 is 0 Å². The zero-order valence-corrected chi connectivity index (χ0v) is 14.1. The van der Waals surface area contributed by atoms with Gasteiger partial charge in [0.2, 0.25) is 0 Å². The fraction of sp³-hybridized carbons (Fsp3) is 0.500. The third-order valence-corrected chi connectivity index (χ3v) is 3.92. The molecule has 6 nitrogen and oxygen atoms in total. The van der Waals surface area contributed by atoms with Crippen molar-refractivity contribution in [3.8, 4) is 0 Å². The molecule has 2 rings (SSSR count). The van der Waals surface area contributed by atoms with Crippen LogP contribution < -0.4 is 16.0 Å². The minimum absolute atomic E-state index is 0.0109. The minimum atomic E-state index is -0.355. The summed E-state index contributed by atoms with van der Waals surface area (Å²) in [5.41, 5.74) is 0.851. The third-order valence-electron chi connectivity index (χ3n) is 3.59. The molecular formula is C16H22ClN3O3. The van der Waals surface area contributed by atoms with Gasteiger partial charge in [0.25, 0.3) is 5.91 Å². The van der Waals surface area contributed by atoms with Crippen LogP contribution in [0.1, 0.15) is 30.6 Å². The van der Waals surface area contributed by atoms with Crippen molar-refractivity contribution in [1.29, 1.82) is 0 Å². The summed E-state index contributed by atoms with van der Waals surface area (Å²) < 4.78 is 5.14. The Balaban J connectivity index is 1.95. The smallest absolute Gasteiger partial charge is 0.319 e. The van der Waals surface area contributed by atoms with Crippen LogP contribution in [0.3, 0.4) is 0 Å². The molecule has 1 saturated heterocycles. The van der Waals surface area contributed by atoms with Gasteiger partial charge in [0, 0.05) is 24.1 Å². The first-order valence-electron chi connectivity index (χ1n) is 7.64.